The number of carboxylic acids is 1. The Bertz CT molecular complexity index is 1390. The summed E-state index contributed by atoms with van der Waals surface area (Å²) in [5, 5.41) is 13.3. The molecule has 2 saturated carbocycles. The van der Waals surface area contributed by atoms with Gasteiger partial charge in [-0.3, -0.25) is 18.7 Å². The molecule has 196 valence electrons. The number of anilines is 1. The summed E-state index contributed by atoms with van der Waals surface area (Å²) in [6.45, 7) is -0.0596. The van der Waals surface area contributed by atoms with Crippen LogP contribution in [0.5, 0.6) is 0 Å². The normalized spacial score (nSPS) is 17.8. The molecule has 0 spiro atoms. The first-order chi connectivity index (χ1) is 17.9. The third-order valence-corrected chi connectivity index (χ3v) is 8.05. The molecule has 37 heavy (non-hydrogen) atoms. The number of halogens is 1. The number of aromatic nitrogens is 2. The number of fused-ring (bicyclic) bond motifs is 1. The molecule has 1 heterocycles. The lowest BCUT2D eigenvalue weighted by molar-refractivity contribution is -0.139. The largest absolute Gasteiger partial charge is 0.481 e. The molecule has 2 fully saturated rings. The van der Waals surface area contributed by atoms with Crippen molar-refractivity contribution in [1.29, 1.82) is 0 Å². The summed E-state index contributed by atoms with van der Waals surface area (Å²) < 4.78 is 18.0. The maximum atomic E-state index is 15.3. The number of hydrogen-bond acceptors (Lipinski definition) is 4. The maximum absolute atomic E-state index is 15.3. The van der Waals surface area contributed by atoms with E-state index >= 15 is 4.39 Å². The molecule has 0 amide bonds. The zero-order valence-electron chi connectivity index (χ0n) is 21.0. The molecule has 5 rings (SSSR count). The van der Waals surface area contributed by atoms with Crippen LogP contribution in [0.15, 0.2) is 52.1 Å². The first-order valence-corrected chi connectivity index (χ1v) is 13.5. The Morgan fingerprint density at radius 1 is 1.00 bits per heavy atom. The second kappa shape index (κ2) is 10.9. The first-order valence-electron chi connectivity index (χ1n) is 13.5. The van der Waals surface area contributed by atoms with Crippen molar-refractivity contribution in [3.63, 3.8) is 0 Å². The quantitative estimate of drug-likeness (QED) is 0.425. The minimum absolute atomic E-state index is 0.0596. The van der Waals surface area contributed by atoms with Gasteiger partial charge in [0.15, 0.2) is 0 Å². The van der Waals surface area contributed by atoms with Crippen LogP contribution in [0, 0.1) is 5.82 Å². The molecule has 1 aromatic heterocycles. The highest BCUT2D eigenvalue weighted by Gasteiger charge is 2.26. The molecule has 2 N–H and O–H groups in total. The molecule has 2 aromatic carbocycles. The van der Waals surface area contributed by atoms with Crippen molar-refractivity contribution >= 4 is 22.6 Å². The van der Waals surface area contributed by atoms with Gasteiger partial charge in [0, 0.05) is 18.6 Å². The van der Waals surface area contributed by atoms with Gasteiger partial charge in [-0.2, -0.15) is 0 Å². The first kappa shape index (κ1) is 25.2. The van der Waals surface area contributed by atoms with Crippen molar-refractivity contribution in [2.75, 3.05) is 5.32 Å². The topological polar surface area (TPSA) is 93.3 Å². The van der Waals surface area contributed by atoms with Crippen LogP contribution in [0.1, 0.15) is 81.7 Å². The highest BCUT2D eigenvalue weighted by atomic mass is 19.1. The van der Waals surface area contributed by atoms with Crippen LogP contribution in [0.4, 0.5) is 10.1 Å². The highest BCUT2D eigenvalue weighted by Crippen LogP contribution is 2.32. The van der Waals surface area contributed by atoms with Gasteiger partial charge in [0.1, 0.15) is 5.82 Å². The van der Waals surface area contributed by atoms with E-state index in [4.69, 9.17) is 0 Å². The van der Waals surface area contributed by atoms with Crippen LogP contribution in [-0.4, -0.2) is 26.3 Å². The smallest absolute Gasteiger partial charge is 0.331 e. The molecule has 0 bridgehead atoms. The minimum Gasteiger partial charge on any atom is -0.481 e. The molecule has 0 saturated heterocycles. The Morgan fingerprint density at radius 3 is 2.35 bits per heavy atom. The molecule has 7 nitrogen and oxygen atoms in total. The number of benzene rings is 2. The van der Waals surface area contributed by atoms with Gasteiger partial charge in [0.2, 0.25) is 0 Å². The maximum Gasteiger partial charge on any atom is 0.331 e. The number of hydrogen-bond donors (Lipinski definition) is 2. The van der Waals surface area contributed by atoms with E-state index in [1.165, 1.54) is 12.5 Å². The summed E-state index contributed by atoms with van der Waals surface area (Å²) in [5.74, 6) is -2.38. The van der Waals surface area contributed by atoms with Crippen LogP contribution in [0.25, 0.3) is 10.9 Å². The molecule has 2 aliphatic rings. The summed E-state index contributed by atoms with van der Waals surface area (Å²) in [6.07, 6.45) is 9.02. The van der Waals surface area contributed by atoms with Crippen molar-refractivity contribution in [2.24, 2.45) is 0 Å². The molecule has 0 radical (unpaired) electrons. The van der Waals surface area contributed by atoms with Gasteiger partial charge in [-0.05, 0) is 49.8 Å². The number of nitrogens with one attached hydrogen (secondary N) is 1. The van der Waals surface area contributed by atoms with Crippen molar-refractivity contribution in [2.45, 2.75) is 88.8 Å². The predicted molar refractivity (Wildman–Crippen MR) is 142 cm³/mol. The third kappa shape index (κ3) is 5.20. The Kier molecular flexibility index (Phi) is 7.44. The lowest BCUT2D eigenvalue weighted by atomic mass is 9.95. The Hall–Kier alpha value is -3.42. The van der Waals surface area contributed by atoms with Crippen molar-refractivity contribution < 1.29 is 14.3 Å². The Morgan fingerprint density at radius 2 is 1.68 bits per heavy atom. The summed E-state index contributed by atoms with van der Waals surface area (Å²) in [5.41, 5.74) is 0.379. The van der Waals surface area contributed by atoms with E-state index in [9.17, 15) is 19.5 Å². The van der Waals surface area contributed by atoms with Crippen molar-refractivity contribution in [3.05, 3.63) is 74.7 Å². The van der Waals surface area contributed by atoms with E-state index in [2.05, 4.69) is 5.32 Å². The molecule has 1 unspecified atom stereocenters. The highest BCUT2D eigenvalue weighted by molar-refractivity contribution is 5.82. The fraction of sp³-hybridized carbons (Fsp3) is 0.483. The zero-order chi connectivity index (χ0) is 25.9. The lowest BCUT2D eigenvalue weighted by Gasteiger charge is -2.25. The molecule has 0 aliphatic heterocycles. The number of aliphatic carboxylic acids is 1. The van der Waals surface area contributed by atoms with E-state index in [-0.39, 0.29) is 30.4 Å². The van der Waals surface area contributed by atoms with E-state index in [1.54, 1.807) is 34.9 Å². The summed E-state index contributed by atoms with van der Waals surface area (Å²) in [7, 11) is 0. The molecule has 8 heteroatoms. The van der Waals surface area contributed by atoms with Gasteiger partial charge in [-0.25, -0.2) is 9.18 Å². The van der Waals surface area contributed by atoms with Gasteiger partial charge in [0.05, 0.1) is 22.5 Å². The van der Waals surface area contributed by atoms with E-state index in [0.717, 1.165) is 55.9 Å². The number of carbonyl (C=O) groups is 1. The third-order valence-electron chi connectivity index (χ3n) is 8.05. The fourth-order valence-corrected chi connectivity index (χ4v) is 6.06. The fourth-order valence-electron chi connectivity index (χ4n) is 6.06. The van der Waals surface area contributed by atoms with Crippen molar-refractivity contribution in [1.82, 2.24) is 9.13 Å². The second-order valence-corrected chi connectivity index (χ2v) is 10.5. The molecule has 1 atom stereocenters. The zero-order valence-corrected chi connectivity index (χ0v) is 21.0. The molecule has 3 aromatic rings. The van der Waals surface area contributed by atoms with Crippen molar-refractivity contribution in [3.8, 4) is 0 Å². The minimum atomic E-state index is -1.01. The van der Waals surface area contributed by atoms with E-state index < -0.39 is 29.0 Å². The average Bonchev–Trinajstić information content (AvgIpc) is 3.43. The summed E-state index contributed by atoms with van der Waals surface area (Å²) in [6, 6.07) is 11.8. The van der Waals surface area contributed by atoms with Crippen LogP contribution in [0.2, 0.25) is 0 Å². The predicted octanol–water partition coefficient (Wildman–Crippen LogP) is 5.42. The van der Waals surface area contributed by atoms with Crippen LogP contribution in [0.3, 0.4) is 0 Å². The number of rotatable bonds is 8. The molecular formula is C29H34FN3O4. The van der Waals surface area contributed by atoms with Gasteiger partial charge in [-0.1, -0.05) is 62.4 Å². The van der Waals surface area contributed by atoms with Crippen LogP contribution < -0.4 is 16.6 Å². The second-order valence-electron chi connectivity index (χ2n) is 10.5. The van der Waals surface area contributed by atoms with Gasteiger partial charge < -0.3 is 10.4 Å². The standard InChI is InChI=1S/C29H34FN3O4/c30-24-17-23-26(18-25(24)31-20-11-5-2-6-12-20)33(21-13-7-8-14-21)29(37)32(27(23)34)16-15-22(28(35)36)19-9-3-1-4-10-19/h1,3-4,9-10,17-18,20-22,31H,2,5-8,11-16H2,(H,35,36). The average molecular weight is 508 g/mol. The SMILES string of the molecule is O=C(O)C(CCn1c(=O)c2cc(F)c(NC3CCCCC3)cc2n(C2CCCC2)c1=O)c1ccccc1. The van der Waals surface area contributed by atoms with Gasteiger partial charge >= 0.3 is 11.7 Å². The van der Waals surface area contributed by atoms with Crippen LogP contribution in [-0.2, 0) is 11.3 Å². The monoisotopic (exact) mass is 507 g/mol. The Balaban J connectivity index is 1.56. The van der Waals surface area contributed by atoms with E-state index in [1.807, 2.05) is 6.07 Å². The molecule has 2 aliphatic carbocycles. The van der Waals surface area contributed by atoms with E-state index in [0.29, 0.717) is 16.8 Å². The molecular weight excluding hydrogens is 473 g/mol. The Labute approximate surface area is 214 Å². The van der Waals surface area contributed by atoms with Crippen LogP contribution >= 0.6 is 0 Å². The van der Waals surface area contributed by atoms with Gasteiger partial charge in [-0.15, -0.1) is 0 Å². The van der Waals surface area contributed by atoms with Gasteiger partial charge in [0.25, 0.3) is 5.56 Å². The number of carboxylic acid groups (broad SMARTS) is 1. The summed E-state index contributed by atoms with van der Waals surface area (Å²) >= 11 is 0. The summed E-state index contributed by atoms with van der Waals surface area (Å²) in [4.78, 5) is 39.3. The lowest BCUT2D eigenvalue weighted by Crippen LogP contribution is -2.41. The number of nitrogens with zero attached hydrogens (tertiary/aromatic N) is 2.